The van der Waals surface area contributed by atoms with Crippen LogP contribution >= 0.6 is 0 Å². The molecule has 0 amide bonds. The minimum Gasteiger partial charge on any atom is -0.496 e. The van der Waals surface area contributed by atoms with E-state index in [2.05, 4.69) is 31.1 Å². The number of aromatic nitrogens is 1. The van der Waals surface area contributed by atoms with E-state index in [1.165, 1.54) is 5.56 Å². The van der Waals surface area contributed by atoms with Crippen LogP contribution in [0.5, 0.6) is 5.75 Å². The zero-order valence-electron chi connectivity index (χ0n) is 12.1. The molecule has 1 aromatic heterocycles. The van der Waals surface area contributed by atoms with Crippen LogP contribution in [0.15, 0.2) is 22.7 Å². The summed E-state index contributed by atoms with van der Waals surface area (Å²) in [6, 6.07) is 6.22. The van der Waals surface area contributed by atoms with Gasteiger partial charge in [-0.2, -0.15) is 0 Å². The highest BCUT2D eigenvalue weighted by Gasteiger charge is 2.32. The molecule has 0 aliphatic heterocycles. The number of methoxy groups -OCH3 is 1. The van der Waals surface area contributed by atoms with Crippen LogP contribution in [0.4, 0.5) is 5.88 Å². The fraction of sp³-hybridized carbons (Fsp3) is 0.438. The molecular formula is C16H20N2O2. The second-order valence-corrected chi connectivity index (χ2v) is 5.70. The molecule has 1 aromatic carbocycles. The highest BCUT2D eigenvalue weighted by Crippen LogP contribution is 2.47. The zero-order valence-corrected chi connectivity index (χ0v) is 12.1. The van der Waals surface area contributed by atoms with Gasteiger partial charge >= 0.3 is 0 Å². The third-order valence-corrected chi connectivity index (χ3v) is 3.87. The number of hydrogen-bond acceptors (Lipinski definition) is 4. The van der Waals surface area contributed by atoms with E-state index >= 15 is 0 Å². The van der Waals surface area contributed by atoms with Crippen LogP contribution in [0.3, 0.4) is 0 Å². The van der Waals surface area contributed by atoms with E-state index in [0.717, 1.165) is 35.4 Å². The molecule has 1 aliphatic rings. The van der Waals surface area contributed by atoms with E-state index in [1.54, 1.807) is 7.11 Å². The molecule has 20 heavy (non-hydrogen) atoms. The third-order valence-electron chi connectivity index (χ3n) is 3.87. The van der Waals surface area contributed by atoms with Gasteiger partial charge in [-0.05, 0) is 36.5 Å². The molecule has 0 saturated heterocycles. The van der Waals surface area contributed by atoms with Gasteiger partial charge in [0.15, 0.2) is 0 Å². The lowest BCUT2D eigenvalue weighted by Crippen LogP contribution is -1.96. The molecule has 4 nitrogen and oxygen atoms in total. The molecule has 0 bridgehead atoms. The number of hydrogen-bond donors (Lipinski definition) is 1. The molecule has 0 radical (unpaired) electrons. The van der Waals surface area contributed by atoms with E-state index in [4.69, 9.17) is 15.0 Å². The fourth-order valence-corrected chi connectivity index (χ4v) is 2.50. The van der Waals surface area contributed by atoms with Gasteiger partial charge in [0.1, 0.15) is 5.75 Å². The van der Waals surface area contributed by atoms with E-state index in [9.17, 15) is 0 Å². The summed E-state index contributed by atoms with van der Waals surface area (Å²) in [7, 11) is 1.67. The van der Waals surface area contributed by atoms with Gasteiger partial charge in [-0.25, -0.2) is 0 Å². The van der Waals surface area contributed by atoms with E-state index in [-0.39, 0.29) is 0 Å². The quantitative estimate of drug-likeness (QED) is 0.916. The summed E-state index contributed by atoms with van der Waals surface area (Å²) in [5.74, 6) is 2.13. The summed E-state index contributed by atoms with van der Waals surface area (Å²) in [4.78, 5) is 0. The predicted molar refractivity (Wildman–Crippen MR) is 79.0 cm³/mol. The summed E-state index contributed by atoms with van der Waals surface area (Å²) in [5, 5.41) is 4.15. The molecule has 0 spiro atoms. The fourth-order valence-electron chi connectivity index (χ4n) is 2.50. The van der Waals surface area contributed by atoms with Gasteiger partial charge in [-0.3, -0.25) is 0 Å². The van der Waals surface area contributed by atoms with E-state index in [1.807, 2.05) is 6.07 Å². The van der Waals surface area contributed by atoms with Crippen molar-refractivity contribution in [3.05, 3.63) is 29.5 Å². The lowest BCUT2D eigenvalue weighted by atomic mass is 9.95. The normalized spacial score (nSPS) is 14.8. The molecule has 1 fully saturated rings. The minimum atomic E-state index is 0.381. The standard InChI is InChI=1S/C16H20N2O2/c1-9(2)11-6-7-13(19-3)12(8-11)14-15(10-4-5-10)18-20-16(14)17/h6-10H,4-5,17H2,1-3H3. The first kappa shape index (κ1) is 13.0. The average molecular weight is 272 g/mol. The van der Waals surface area contributed by atoms with Gasteiger partial charge in [0.25, 0.3) is 0 Å². The predicted octanol–water partition coefficient (Wildman–Crippen LogP) is 3.93. The molecule has 1 saturated carbocycles. The Labute approximate surface area is 118 Å². The molecule has 1 heterocycles. The average Bonchev–Trinajstić information content (AvgIpc) is 3.21. The van der Waals surface area contributed by atoms with Crippen molar-refractivity contribution in [2.75, 3.05) is 12.8 Å². The summed E-state index contributed by atoms with van der Waals surface area (Å²) >= 11 is 0. The maximum absolute atomic E-state index is 6.00. The minimum absolute atomic E-state index is 0.381. The van der Waals surface area contributed by atoms with Crippen molar-refractivity contribution in [3.63, 3.8) is 0 Å². The third kappa shape index (κ3) is 2.15. The topological polar surface area (TPSA) is 61.3 Å². The Morgan fingerprint density at radius 3 is 2.70 bits per heavy atom. The largest absolute Gasteiger partial charge is 0.496 e. The Balaban J connectivity index is 2.17. The van der Waals surface area contributed by atoms with Gasteiger partial charge in [0.05, 0.1) is 18.4 Å². The maximum Gasteiger partial charge on any atom is 0.230 e. The highest BCUT2D eigenvalue weighted by molar-refractivity contribution is 5.81. The molecular weight excluding hydrogens is 252 g/mol. The van der Waals surface area contributed by atoms with E-state index in [0.29, 0.717) is 17.7 Å². The monoisotopic (exact) mass is 272 g/mol. The van der Waals surface area contributed by atoms with Crippen LogP contribution in [0.1, 0.15) is 49.8 Å². The van der Waals surface area contributed by atoms with Crippen LogP contribution < -0.4 is 10.5 Å². The van der Waals surface area contributed by atoms with Crippen molar-refractivity contribution in [1.29, 1.82) is 0 Å². The van der Waals surface area contributed by atoms with Crippen LogP contribution in [-0.4, -0.2) is 12.3 Å². The Kier molecular flexibility index (Phi) is 3.16. The zero-order chi connectivity index (χ0) is 14.3. The number of ether oxygens (including phenoxy) is 1. The molecule has 1 aliphatic carbocycles. The number of rotatable bonds is 4. The molecule has 0 atom stereocenters. The molecule has 2 N–H and O–H groups in total. The number of nitrogens with zero attached hydrogens (tertiary/aromatic N) is 1. The Bertz CT molecular complexity index is 627. The van der Waals surface area contributed by atoms with Crippen molar-refractivity contribution in [3.8, 4) is 16.9 Å². The van der Waals surface area contributed by atoms with Gasteiger partial charge in [0.2, 0.25) is 5.88 Å². The Hall–Kier alpha value is -1.97. The Morgan fingerprint density at radius 1 is 1.35 bits per heavy atom. The summed E-state index contributed by atoms with van der Waals surface area (Å²) in [6.07, 6.45) is 2.32. The molecule has 3 rings (SSSR count). The number of nitrogens with two attached hydrogens (primary N) is 1. The van der Waals surface area contributed by atoms with Crippen LogP contribution in [-0.2, 0) is 0 Å². The number of benzene rings is 1. The highest BCUT2D eigenvalue weighted by atomic mass is 16.5. The van der Waals surface area contributed by atoms with Crippen molar-refractivity contribution in [1.82, 2.24) is 5.16 Å². The first-order valence-electron chi connectivity index (χ1n) is 7.05. The van der Waals surface area contributed by atoms with E-state index < -0.39 is 0 Å². The Morgan fingerprint density at radius 2 is 2.10 bits per heavy atom. The van der Waals surface area contributed by atoms with Gasteiger partial charge in [-0.15, -0.1) is 0 Å². The van der Waals surface area contributed by atoms with Crippen molar-refractivity contribution in [2.24, 2.45) is 0 Å². The lowest BCUT2D eigenvalue weighted by Gasteiger charge is -2.13. The number of anilines is 1. The van der Waals surface area contributed by atoms with Crippen LogP contribution in [0, 0.1) is 0 Å². The lowest BCUT2D eigenvalue weighted by molar-refractivity contribution is 0.416. The smallest absolute Gasteiger partial charge is 0.230 e. The number of nitrogen functional groups attached to an aromatic ring is 1. The first-order valence-corrected chi connectivity index (χ1v) is 7.05. The van der Waals surface area contributed by atoms with Crippen LogP contribution in [0.2, 0.25) is 0 Å². The van der Waals surface area contributed by atoms with Crippen molar-refractivity contribution < 1.29 is 9.26 Å². The molecule has 4 heteroatoms. The summed E-state index contributed by atoms with van der Waals surface area (Å²) < 4.78 is 10.7. The van der Waals surface area contributed by atoms with Crippen molar-refractivity contribution in [2.45, 2.75) is 38.5 Å². The van der Waals surface area contributed by atoms with Crippen LogP contribution in [0.25, 0.3) is 11.1 Å². The summed E-state index contributed by atoms with van der Waals surface area (Å²) in [6.45, 7) is 4.34. The maximum atomic E-state index is 6.00. The SMILES string of the molecule is COc1ccc(C(C)C)cc1-c1c(C2CC2)noc1N. The van der Waals surface area contributed by atoms with Gasteiger partial charge in [0, 0.05) is 11.5 Å². The molecule has 2 aromatic rings. The second-order valence-electron chi connectivity index (χ2n) is 5.70. The first-order chi connectivity index (χ1) is 9.61. The van der Waals surface area contributed by atoms with Gasteiger partial charge < -0.3 is 15.0 Å². The summed E-state index contributed by atoms with van der Waals surface area (Å²) in [5.41, 5.74) is 10.1. The van der Waals surface area contributed by atoms with Crippen molar-refractivity contribution >= 4 is 5.88 Å². The molecule has 106 valence electrons. The molecule has 0 unspecified atom stereocenters. The van der Waals surface area contributed by atoms with Gasteiger partial charge in [-0.1, -0.05) is 25.1 Å². The second kappa shape index (κ2) is 4.85.